The Morgan fingerprint density at radius 3 is 2.78 bits per heavy atom. The zero-order valence-corrected chi connectivity index (χ0v) is 11.6. The molecule has 1 saturated heterocycles. The normalized spacial score (nSPS) is 22.3. The fourth-order valence-electron chi connectivity index (χ4n) is 2.46. The van der Waals surface area contributed by atoms with Crippen molar-refractivity contribution in [2.75, 3.05) is 32.1 Å². The van der Waals surface area contributed by atoms with E-state index in [9.17, 15) is 0 Å². The Morgan fingerprint density at radius 2 is 2.22 bits per heavy atom. The molecule has 2 N–H and O–H groups in total. The molecule has 4 heteroatoms. The molecule has 1 aliphatic rings. The summed E-state index contributed by atoms with van der Waals surface area (Å²) < 4.78 is 0. The van der Waals surface area contributed by atoms with Crippen LogP contribution < -0.4 is 10.6 Å². The van der Waals surface area contributed by atoms with E-state index in [4.69, 9.17) is 5.73 Å². The molecule has 0 spiro atoms. The summed E-state index contributed by atoms with van der Waals surface area (Å²) in [7, 11) is 4.32. The molecule has 2 rings (SSSR count). The number of aromatic nitrogens is 1. The SMILES string of the molecule is C[C@@H](N)c1ccc(N2CCCC(N(C)C)C2)cn1. The van der Waals surface area contributed by atoms with Crippen LogP contribution in [0.2, 0.25) is 0 Å². The molecule has 0 aliphatic carbocycles. The first kappa shape index (κ1) is 13.3. The Morgan fingerprint density at radius 1 is 1.44 bits per heavy atom. The van der Waals surface area contributed by atoms with Crippen molar-refractivity contribution >= 4 is 5.69 Å². The zero-order valence-electron chi connectivity index (χ0n) is 11.6. The lowest BCUT2D eigenvalue weighted by Gasteiger charge is -2.37. The van der Waals surface area contributed by atoms with Crippen LogP contribution in [0.15, 0.2) is 18.3 Å². The maximum absolute atomic E-state index is 5.82. The summed E-state index contributed by atoms with van der Waals surface area (Å²) in [6.07, 6.45) is 4.49. The Bertz CT molecular complexity index is 372. The first-order valence-electron chi connectivity index (χ1n) is 6.71. The van der Waals surface area contributed by atoms with E-state index in [1.54, 1.807) is 0 Å². The zero-order chi connectivity index (χ0) is 13.1. The molecule has 0 bridgehead atoms. The van der Waals surface area contributed by atoms with Gasteiger partial charge in [-0.15, -0.1) is 0 Å². The van der Waals surface area contributed by atoms with E-state index in [1.807, 2.05) is 19.2 Å². The summed E-state index contributed by atoms with van der Waals surface area (Å²) in [6.45, 7) is 4.18. The summed E-state index contributed by atoms with van der Waals surface area (Å²) in [5.41, 5.74) is 7.99. The van der Waals surface area contributed by atoms with Gasteiger partial charge in [-0.2, -0.15) is 0 Å². The van der Waals surface area contributed by atoms with Crippen molar-refractivity contribution < 1.29 is 0 Å². The number of likely N-dealkylation sites (N-methyl/N-ethyl adjacent to an activating group) is 1. The molecule has 18 heavy (non-hydrogen) atoms. The minimum absolute atomic E-state index is 0.00919. The molecule has 100 valence electrons. The van der Waals surface area contributed by atoms with Gasteiger partial charge < -0.3 is 15.5 Å². The van der Waals surface area contributed by atoms with E-state index >= 15 is 0 Å². The second kappa shape index (κ2) is 5.67. The number of hydrogen-bond donors (Lipinski definition) is 1. The standard InChI is InChI=1S/C14H24N4/c1-11(15)14-7-6-12(9-16-14)18-8-4-5-13(10-18)17(2)3/h6-7,9,11,13H,4-5,8,10,15H2,1-3H3/t11-,13?/m1/s1. The van der Waals surface area contributed by atoms with Gasteiger partial charge >= 0.3 is 0 Å². The van der Waals surface area contributed by atoms with Gasteiger partial charge in [0.15, 0.2) is 0 Å². The maximum Gasteiger partial charge on any atom is 0.0569 e. The topological polar surface area (TPSA) is 45.4 Å². The van der Waals surface area contributed by atoms with Gasteiger partial charge in [-0.05, 0) is 46.0 Å². The second-order valence-electron chi connectivity index (χ2n) is 5.44. The number of nitrogens with two attached hydrogens (primary N) is 1. The third-order valence-corrected chi connectivity index (χ3v) is 3.73. The highest BCUT2D eigenvalue weighted by atomic mass is 15.2. The van der Waals surface area contributed by atoms with Gasteiger partial charge in [0.25, 0.3) is 0 Å². The molecule has 0 radical (unpaired) electrons. The van der Waals surface area contributed by atoms with Gasteiger partial charge in [-0.25, -0.2) is 0 Å². The van der Waals surface area contributed by atoms with Crippen LogP contribution in [0.25, 0.3) is 0 Å². The second-order valence-corrected chi connectivity index (χ2v) is 5.44. The van der Waals surface area contributed by atoms with E-state index in [-0.39, 0.29) is 6.04 Å². The lowest BCUT2D eigenvalue weighted by atomic mass is 10.0. The molecular formula is C14H24N4. The number of piperidine rings is 1. The maximum atomic E-state index is 5.82. The van der Waals surface area contributed by atoms with Crippen molar-refractivity contribution in [2.45, 2.75) is 31.8 Å². The Labute approximate surface area is 110 Å². The van der Waals surface area contributed by atoms with Gasteiger partial charge in [0.2, 0.25) is 0 Å². The third kappa shape index (κ3) is 3.00. The number of anilines is 1. The quantitative estimate of drug-likeness (QED) is 0.883. The van der Waals surface area contributed by atoms with Crippen molar-refractivity contribution in [1.29, 1.82) is 0 Å². The number of nitrogens with zero attached hydrogens (tertiary/aromatic N) is 3. The Kier molecular flexibility index (Phi) is 4.19. The first-order chi connectivity index (χ1) is 8.58. The molecule has 0 saturated carbocycles. The third-order valence-electron chi connectivity index (χ3n) is 3.73. The fourth-order valence-corrected chi connectivity index (χ4v) is 2.46. The molecule has 1 aromatic rings. The van der Waals surface area contributed by atoms with Crippen LogP contribution in [-0.4, -0.2) is 43.1 Å². The van der Waals surface area contributed by atoms with Crippen LogP contribution in [0.3, 0.4) is 0 Å². The van der Waals surface area contributed by atoms with Crippen molar-refractivity contribution in [1.82, 2.24) is 9.88 Å². The highest BCUT2D eigenvalue weighted by molar-refractivity contribution is 5.45. The molecule has 1 fully saturated rings. The predicted octanol–water partition coefficient (Wildman–Crippen LogP) is 1.63. The van der Waals surface area contributed by atoms with Crippen LogP contribution >= 0.6 is 0 Å². The minimum Gasteiger partial charge on any atom is -0.369 e. The highest BCUT2D eigenvalue weighted by Gasteiger charge is 2.21. The minimum atomic E-state index is 0.00919. The van der Waals surface area contributed by atoms with Crippen LogP contribution in [0.5, 0.6) is 0 Å². The largest absolute Gasteiger partial charge is 0.369 e. The Hall–Kier alpha value is -1.13. The summed E-state index contributed by atoms with van der Waals surface area (Å²) in [5, 5.41) is 0. The van der Waals surface area contributed by atoms with Crippen LogP contribution in [0.1, 0.15) is 31.5 Å². The molecule has 2 atom stereocenters. The summed E-state index contributed by atoms with van der Waals surface area (Å²) in [5.74, 6) is 0. The van der Waals surface area contributed by atoms with Crippen molar-refractivity contribution in [3.8, 4) is 0 Å². The fraction of sp³-hybridized carbons (Fsp3) is 0.643. The van der Waals surface area contributed by atoms with Crippen LogP contribution in [0, 0.1) is 0 Å². The number of hydrogen-bond acceptors (Lipinski definition) is 4. The van der Waals surface area contributed by atoms with Crippen molar-refractivity contribution in [3.63, 3.8) is 0 Å². The lowest BCUT2D eigenvalue weighted by Crippen LogP contribution is -2.45. The van der Waals surface area contributed by atoms with Gasteiger partial charge in [-0.1, -0.05) is 0 Å². The molecular weight excluding hydrogens is 224 g/mol. The molecule has 1 aromatic heterocycles. The molecule has 0 aromatic carbocycles. The van der Waals surface area contributed by atoms with Gasteiger partial charge in [-0.3, -0.25) is 4.98 Å². The lowest BCUT2D eigenvalue weighted by molar-refractivity contribution is 0.258. The van der Waals surface area contributed by atoms with Crippen molar-refractivity contribution in [3.05, 3.63) is 24.0 Å². The van der Waals surface area contributed by atoms with E-state index in [0.717, 1.165) is 18.8 Å². The number of pyridine rings is 1. The summed E-state index contributed by atoms with van der Waals surface area (Å²) in [4.78, 5) is 9.18. The van der Waals surface area contributed by atoms with Gasteiger partial charge in [0.1, 0.15) is 0 Å². The average Bonchev–Trinajstić information content (AvgIpc) is 2.39. The van der Waals surface area contributed by atoms with Gasteiger partial charge in [0, 0.05) is 25.2 Å². The average molecular weight is 248 g/mol. The summed E-state index contributed by atoms with van der Waals surface area (Å²) in [6, 6.07) is 4.84. The predicted molar refractivity (Wildman–Crippen MR) is 75.8 cm³/mol. The van der Waals surface area contributed by atoms with E-state index < -0.39 is 0 Å². The van der Waals surface area contributed by atoms with Crippen LogP contribution in [-0.2, 0) is 0 Å². The molecule has 4 nitrogen and oxygen atoms in total. The molecule has 1 unspecified atom stereocenters. The van der Waals surface area contributed by atoms with Crippen LogP contribution in [0.4, 0.5) is 5.69 Å². The van der Waals surface area contributed by atoms with Crippen molar-refractivity contribution in [2.24, 2.45) is 5.73 Å². The van der Waals surface area contributed by atoms with Gasteiger partial charge in [0.05, 0.1) is 17.6 Å². The first-order valence-corrected chi connectivity index (χ1v) is 6.71. The number of rotatable bonds is 3. The monoisotopic (exact) mass is 248 g/mol. The Balaban J connectivity index is 2.06. The van der Waals surface area contributed by atoms with E-state index in [2.05, 4.69) is 34.9 Å². The molecule has 0 amide bonds. The molecule has 1 aliphatic heterocycles. The molecule has 2 heterocycles. The summed E-state index contributed by atoms with van der Waals surface area (Å²) >= 11 is 0. The highest BCUT2D eigenvalue weighted by Crippen LogP contribution is 2.21. The van der Waals surface area contributed by atoms with E-state index in [1.165, 1.54) is 18.5 Å². The smallest absolute Gasteiger partial charge is 0.0569 e. The van der Waals surface area contributed by atoms with E-state index in [0.29, 0.717) is 6.04 Å².